The lowest BCUT2D eigenvalue weighted by Crippen LogP contribution is -2.49. The monoisotopic (exact) mass is 483 g/mol. The zero-order valence-electron chi connectivity index (χ0n) is 19.8. The number of nitrogens with one attached hydrogen (secondary N) is 3. The molecule has 2 aromatic carbocycles. The molecule has 3 amide bonds. The van der Waals surface area contributed by atoms with Crippen molar-refractivity contribution in [3.63, 3.8) is 0 Å². The lowest BCUT2D eigenvalue weighted by Gasteiger charge is -2.23. The third-order valence-corrected chi connectivity index (χ3v) is 6.20. The molecule has 0 fully saturated rings. The Bertz CT molecular complexity index is 1130. The fourth-order valence-electron chi connectivity index (χ4n) is 3.24. The summed E-state index contributed by atoms with van der Waals surface area (Å²) in [5.41, 5.74) is 2.52. The first-order chi connectivity index (χ1) is 16.3. The minimum Gasteiger partial charge on any atom is -0.497 e. The number of hydrogen-bond donors (Lipinski definition) is 3. The van der Waals surface area contributed by atoms with Crippen molar-refractivity contribution in [1.29, 1.82) is 0 Å². The van der Waals surface area contributed by atoms with E-state index in [0.29, 0.717) is 33.7 Å². The zero-order chi connectivity index (χ0) is 24.7. The summed E-state index contributed by atoms with van der Waals surface area (Å²) in [5, 5.41) is 17.7. The number of aromatic nitrogens is 2. The van der Waals surface area contributed by atoms with Gasteiger partial charge in [0.25, 0.3) is 0 Å². The molecule has 3 aromatic rings. The maximum Gasteiger partial charge on any atom is 0.319 e. The van der Waals surface area contributed by atoms with E-state index in [-0.39, 0.29) is 11.8 Å². The Morgan fingerprint density at radius 3 is 2.35 bits per heavy atom. The van der Waals surface area contributed by atoms with Gasteiger partial charge in [0.15, 0.2) is 0 Å². The van der Waals surface area contributed by atoms with Gasteiger partial charge in [0.2, 0.25) is 11.0 Å². The number of carbonyl (C=O) groups excluding carboxylic acids is 2. The van der Waals surface area contributed by atoms with Gasteiger partial charge in [0.1, 0.15) is 22.5 Å². The second kappa shape index (κ2) is 11.5. The molecule has 0 aliphatic carbocycles. The van der Waals surface area contributed by atoms with E-state index in [1.54, 1.807) is 18.2 Å². The number of anilines is 2. The van der Waals surface area contributed by atoms with Crippen molar-refractivity contribution in [2.24, 2.45) is 5.92 Å². The molecule has 3 N–H and O–H groups in total. The number of amides is 3. The highest BCUT2D eigenvalue weighted by atomic mass is 32.1. The maximum absolute atomic E-state index is 13.0. The normalized spacial score (nSPS) is 12.4. The molecule has 3 rings (SSSR count). The Labute approximate surface area is 202 Å². The van der Waals surface area contributed by atoms with Crippen molar-refractivity contribution in [2.45, 2.75) is 33.2 Å². The number of ether oxygens (including phenoxy) is 2. The highest BCUT2D eigenvalue weighted by Crippen LogP contribution is 2.28. The van der Waals surface area contributed by atoms with E-state index in [2.05, 4.69) is 26.1 Å². The van der Waals surface area contributed by atoms with Gasteiger partial charge in [-0.2, -0.15) is 0 Å². The summed E-state index contributed by atoms with van der Waals surface area (Å²) in [7, 11) is 3.06. The fraction of sp³-hybridized carbons (Fsp3) is 0.333. The third-order valence-electron chi connectivity index (χ3n) is 5.31. The summed E-state index contributed by atoms with van der Waals surface area (Å²) in [4.78, 5) is 25.8. The highest BCUT2D eigenvalue weighted by Gasteiger charge is 2.27. The molecule has 0 aliphatic heterocycles. The molecule has 0 saturated carbocycles. The lowest BCUT2D eigenvalue weighted by atomic mass is 9.98. The molecule has 180 valence electrons. The van der Waals surface area contributed by atoms with Crippen molar-refractivity contribution in [1.82, 2.24) is 15.5 Å². The van der Waals surface area contributed by atoms with E-state index in [1.165, 1.54) is 25.6 Å². The Morgan fingerprint density at radius 2 is 1.74 bits per heavy atom. The SMILES string of the molecule is CCC(C)C(NC(=O)Nc1cc(OC)cc(OC)c1)C(=O)Nc1nnc(-c2cccc(C)c2)s1. The Kier molecular flexibility index (Phi) is 8.42. The number of aryl methyl sites for hydroxylation is 1. The molecular weight excluding hydrogens is 454 g/mol. The topological polar surface area (TPSA) is 114 Å². The quantitative estimate of drug-likeness (QED) is 0.406. The van der Waals surface area contributed by atoms with Gasteiger partial charge in [-0.15, -0.1) is 10.2 Å². The summed E-state index contributed by atoms with van der Waals surface area (Å²) < 4.78 is 10.5. The van der Waals surface area contributed by atoms with Crippen LogP contribution in [0, 0.1) is 12.8 Å². The number of hydrogen-bond acceptors (Lipinski definition) is 7. The Balaban J connectivity index is 1.70. The minimum absolute atomic E-state index is 0.116. The third kappa shape index (κ3) is 6.44. The van der Waals surface area contributed by atoms with Crippen molar-refractivity contribution in [2.75, 3.05) is 24.9 Å². The molecular formula is C24H29N5O4S. The van der Waals surface area contributed by atoms with E-state index < -0.39 is 12.1 Å². The van der Waals surface area contributed by atoms with Crippen molar-refractivity contribution >= 4 is 34.1 Å². The van der Waals surface area contributed by atoms with E-state index >= 15 is 0 Å². The first-order valence-electron chi connectivity index (χ1n) is 10.8. The van der Waals surface area contributed by atoms with Crippen LogP contribution in [-0.4, -0.2) is 42.4 Å². The van der Waals surface area contributed by atoms with Crippen molar-refractivity contribution in [3.05, 3.63) is 48.0 Å². The molecule has 1 aromatic heterocycles. The molecule has 10 heteroatoms. The second-order valence-corrected chi connectivity index (χ2v) is 8.81. The van der Waals surface area contributed by atoms with Crippen LogP contribution in [0.25, 0.3) is 10.6 Å². The first-order valence-corrected chi connectivity index (χ1v) is 11.7. The van der Waals surface area contributed by atoms with Gasteiger partial charge in [0, 0.05) is 29.4 Å². The van der Waals surface area contributed by atoms with Crippen molar-refractivity contribution in [3.8, 4) is 22.1 Å². The predicted molar refractivity (Wildman–Crippen MR) is 134 cm³/mol. The first kappa shape index (κ1) is 25.0. The summed E-state index contributed by atoms with van der Waals surface area (Å²) in [6, 6.07) is 11.6. The van der Waals surface area contributed by atoms with Crippen LogP contribution in [0.4, 0.5) is 15.6 Å². The van der Waals surface area contributed by atoms with Gasteiger partial charge in [-0.05, 0) is 18.9 Å². The Hall–Kier alpha value is -3.66. The van der Waals surface area contributed by atoms with Crippen LogP contribution in [0.15, 0.2) is 42.5 Å². The largest absolute Gasteiger partial charge is 0.497 e. The number of rotatable bonds is 9. The number of urea groups is 1. The van der Waals surface area contributed by atoms with Crippen LogP contribution in [0.3, 0.4) is 0 Å². The van der Waals surface area contributed by atoms with Crippen molar-refractivity contribution < 1.29 is 19.1 Å². The van der Waals surface area contributed by atoms with Crippen LogP contribution in [0.5, 0.6) is 11.5 Å². The second-order valence-electron chi connectivity index (χ2n) is 7.83. The molecule has 1 heterocycles. The predicted octanol–water partition coefficient (Wildman–Crippen LogP) is 4.71. The average molecular weight is 484 g/mol. The molecule has 2 unspecified atom stereocenters. The number of benzene rings is 2. The Morgan fingerprint density at radius 1 is 1.03 bits per heavy atom. The molecule has 34 heavy (non-hydrogen) atoms. The van der Waals surface area contributed by atoms with E-state index in [0.717, 1.165) is 11.1 Å². The van der Waals surface area contributed by atoms with E-state index in [4.69, 9.17) is 9.47 Å². The fourth-order valence-corrected chi connectivity index (χ4v) is 3.98. The van der Waals surface area contributed by atoms with Gasteiger partial charge in [-0.3, -0.25) is 10.1 Å². The number of nitrogens with zero attached hydrogens (tertiary/aromatic N) is 2. The smallest absolute Gasteiger partial charge is 0.319 e. The zero-order valence-corrected chi connectivity index (χ0v) is 20.7. The van der Waals surface area contributed by atoms with Gasteiger partial charge >= 0.3 is 6.03 Å². The van der Waals surface area contributed by atoms with Gasteiger partial charge < -0.3 is 20.1 Å². The summed E-state index contributed by atoms with van der Waals surface area (Å²) >= 11 is 1.28. The lowest BCUT2D eigenvalue weighted by molar-refractivity contribution is -0.119. The van der Waals surface area contributed by atoms with Crippen LogP contribution >= 0.6 is 11.3 Å². The standard InChI is InChI=1S/C24H29N5O4S/c1-6-15(3)20(26-23(31)25-17-11-18(32-4)13-19(12-17)33-5)21(30)27-24-29-28-22(34-24)16-9-7-8-14(2)10-16/h7-13,15,20H,6H2,1-5H3,(H2,25,26,31)(H,27,29,30). The van der Waals surface area contributed by atoms with Gasteiger partial charge in [-0.25, -0.2) is 4.79 Å². The van der Waals surface area contributed by atoms with Crippen LogP contribution in [-0.2, 0) is 4.79 Å². The van der Waals surface area contributed by atoms with Crippen LogP contribution in [0.1, 0.15) is 25.8 Å². The molecule has 0 spiro atoms. The molecule has 0 aliphatic rings. The van der Waals surface area contributed by atoms with E-state index in [1.807, 2.05) is 45.0 Å². The summed E-state index contributed by atoms with van der Waals surface area (Å²) in [6.45, 7) is 5.86. The molecule has 2 atom stereocenters. The average Bonchev–Trinajstić information content (AvgIpc) is 3.30. The van der Waals surface area contributed by atoms with Crippen LogP contribution < -0.4 is 25.4 Å². The maximum atomic E-state index is 13.0. The van der Waals surface area contributed by atoms with Crippen LogP contribution in [0.2, 0.25) is 0 Å². The number of carbonyl (C=O) groups is 2. The molecule has 0 radical (unpaired) electrons. The number of methoxy groups -OCH3 is 2. The minimum atomic E-state index is -0.774. The van der Waals surface area contributed by atoms with Gasteiger partial charge in [0.05, 0.1) is 14.2 Å². The van der Waals surface area contributed by atoms with Gasteiger partial charge in [-0.1, -0.05) is 55.4 Å². The van der Waals surface area contributed by atoms with E-state index in [9.17, 15) is 9.59 Å². The highest BCUT2D eigenvalue weighted by molar-refractivity contribution is 7.18. The summed E-state index contributed by atoms with van der Waals surface area (Å²) in [5.74, 6) is 0.590. The molecule has 0 saturated heterocycles. The molecule has 0 bridgehead atoms. The molecule has 9 nitrogen and oxygen atoms in total. The summed E-state index contributed by atoms with van der Waals surface area (Å²) in [6.07, 6.45) is 0.690.